The summed E-state index contributed by atoms with van der Waals surface area (Å²) >= 11 is 0. The number of rotatable bonds is 4. The molecule has 1 aliphatic carbocycles. The molecular weight excluding hydrogens is 330 g/mol. The van der Waals surface area contributed by atoms with Gasteiger partial charge >= 0.3 is 5.97 Å². The minimum Gasteiger partial charge on any atom is -0.494 e. The van der Waals surface area contributed by atoms with Gasteiger partial charge in [-0.25, -0.2) is 8.78 Å². The Bertz CT molecular complexity index is 861. The van der Waals surface area contributed by atoms with Crippen molar-refractivity contribution in [2.75, 3.05) is 7.11 Å². The van der Waals surface area contributed by atoms with Crippen molar-refractivity contribution in [2.45, 2.75) is 25.7 Å². The third kappa shape index (κ3) is 3.24. The average molecular weight is 346 g/mol. The molecule has 0 aliphatic heterocycles. The summed E-state index contributed by atoms with van der Waals surface area (Å²) in [7, 11) is 1.35. The third-order valence-electron chi connectivity index (χ3n) is 4.21. The summed E-state index contributed by atoms with van der Waals surface area (Å²) in [6.07, 6.45) is 0.00131. The highest BCUT2D eigenvalue weighted by molar-refractivity contribution is 6.04. The van der Waals surface area contributed by atoms with E-state index < -0.39 is 17.6 Å². The third-order valence-corrected chi connectivity index (χ3v) is 4.21. The molecule has 2 aromatic rings. The Morgan fingerprint density at radius 3 is 2.56 bits per heavy atom. The van der Waals surface area contributed by atoms with E-state index in [1.54, 1.807) is 13.0 Å². The molecular formula is C19H16F2O4. The molecule has 0 saturated heterocycles. The van der Waals surface area contributed by atoms with Crippen LogP contribution < -0.4 is 9.47 Å². The van der Waals surface area contributed by atoms with Crippen LogP contribution in [0.2, 0.25) is 0 Å². The maximum atomic E-state index is 13.9. The van der Waals surface area contributed by atoms with Gasteiger partial charge in [0.15, 0.2) is 17.3 Å². The maximum Gasteiger partial charge on any atom is 0.315 e. The summed E-state index contributed by atoms with van der Waals surface area (Å²) < 4.78 is 37.7. The molecule has 0 heterocycles. The lowest BCUT2D eigenvalue weighted by molar-refractivity contribution is -0.133. The van der Waals surface area contributed by atoms with Crippen molar-refractivity contribution < 1.29 is 27.8 Å². The highest BCUT2D eigenvalue weighted by Crippen LogP contribution is 2.39. The van der Waals surface area contributed by atoms with E-state index in [-0.39, 0.29) is 47.2 Å². The fraction of sp³-hybridized carbons (Fsp3) is 0.263. The van der Waals surface area contributed by atoms with Gasteiger partial charge in [-0.1, -0.05) is 13.0 Å². The Morgan fingerprint density at radius 1 is 1.16 bits per heavy atom. The first-order chi connectivity index (χ1) is 11.9. The number of methoxy groups -OCH3 is 1. The van der Waals surface area contributed by atoms with Gasteiger partial charge in [0.25, 0.3) is 0 Å². The van der Waals surface area contributed by atoms with Gasteiger partial charge in [-0.05, 0) is 35.7 Å². The number of carbonyl (C=O) groups is 2. The number of Topliss-reactive ketones (excluding diaryl/α,β-unsaturated/α-hetero) is 1. The lowest BCUT2D eigenvalue weighted by atomic mass is 10.0. The summed E-state index contributed by atoms with van der Waals surface area (Å²) in [5, 5.41) is 0. The van der Waals surface area contributed by atoms with E-state index in [1.807, 2.05) is 0 Å². The molecule has 0 N–H and O–H groups in total. The van der Waals surface area contributed by atoms with Crippen molar-refractivity contribution in [3.05, 3.63) is 58.7 Å². The lowest BCUT2D eigenvalue weighted by Crippen LogP contribution is -2.13. The van der Waals surface area contributed by atoms with E-state index in [0.717, 1.165) is 0 Å². The van der Waals surface area contributed by atoms with Crippen LogP contribution >= 0.6 is 0 Å². The van der Waals surface area contributed by atoms with Gasteiger partial charge in [-0.3, -0.25) is 9.59 Å². The van der Waals surface area contributed by atoms with Gasteiger partial charge < -0.3 is 9.47 Å². The van der Waals surface area contributed by atoms with Crippen molar-refractivity contribution in [3.8, 4) is 11.5 Å². The fourth-order valence-electron chi connectivity index (χ4n) is 3.06. The quantitative estimate of drug-likeness (QED) is 0.624. The van der Waals surface area contributed by atoms with Crippen LogP contribution in [0.25, 0.3) is 0 Å². The van der Waals surface area contributed by atoms with Gasteiger partial charge in [-0.2, -0.15) is 0 Å². The van der Waals surface area contributed by atoms with Crippen LogP contribution in [0.4, 0.5) is 8.78 Å². The molecule has 1 unspecified atom stereocenters. The van der Waals surface area contributed by atoms with Crippen LogP contribution in [0.1, 0.15) is 40.7 Å². The Balaban J connectivity index is 1.81. The van der Waals surface area contributed by atoms with Crippen molar-refractivity contribution in [1.29, 1.82) is 0 Å². The van der Waals surface area contributed by atoms with Crippen molar-refractivity contribution >= 4 is 11.8 Å². The maximum absolute atomic E-state index is 13.9. The summed E-state index contributed by atoms with van der Waals surface area (Å²) in [6.45, 7) is 1.75. The van der Waals surface area contributed by atoms with Gasteiger partial charge in [0, 0.05) is 12.0 Å². The highest BCUT2D eigenvalue weighted by atomic mass is 19.1. The molecule has 0 radical (unpaired) electrons. The number of ketones is 1. The molecule has 2 aromatic carbocycles. The lowest BCUT2D eigenvalue weighted by Gasteiger charge is -2.11. The van der Waals surface area contributed by atoms with E-state index in [0.29, 0.717) is 5.56 Å². The Morgan fingerprint density at radius 2 is 1.88 bits per heavy atom. The summed E-state index contributed by atoms with van der Waals surface area (Å²) in [6, 6.07) is 6.60. The van der Waals surface area contributed by atoms with Crippen molar-refractivity contribution in [1.82, 2.24) is 0 Å². The standard InChI is InChI=1S/C19H16F2O4/c1-10-7-14(22)19-16(6-4-12(20)18(10)19)25-17(23)9-11-3-5-15(24-2)13(21)8-11/h3-6,8,10H,7,9H2,1-2H3. The molecule has 3 rings (SSSR count). The van der Waals surface area contributed by atoms with E-state index in [1.165, 1.54) is 31.4 Å². The molecule has 0 spiro atoms. The molecule has 4 nitrogen and oxygen atoms in total. The van der Waals surface area contributed by atoms with Crippen LogP contribution in [-0.4, -0.2) is 18.9 Å². The zero-order valence-corrected chi connectivity index (χ0v) is 13.8. The van der Waals surface area contributed by atoms with E-state index in [4.69, 9.17) is 9.47 Å². The summed E-state index contributed by atoms with van der Waals surface area (Å²) in [5.41, 5.74) is 0.814. The molecule has 25 heavy (non-hydrogen) atoms. The molecule has 0 amide bonds. The van der Waals surface area contributed by atoms with Crippen LogP contribution in [0.5, 0.6) is 11.5 Å². The van der Waals surface area contributed by atoms with Crippen LogP contribution in [0.15, 0.2) is 30.3 Å². The minimum absolute atomic E-state index is 0.0460. The van der Waals surface area contributed by atoms with E-state index in [2.05, 4.69) is 0 Å². The first-order valence-electron chi connectivity index (χ1n) is 7.79. The highest BCUT2D eigenvalue weighted by Gasteiger charge is 2.33. The number of esters is 1. The van der Waals surface area contributed by atoms with E-state index in [9.17, 15) is 18.4 Å². The predicted octanol–water partition coefficient (Wildman–Crippen LogP) is 3.81. The Kier molecular flexibility index (Phi) is 4.53. The molecule has 0 bridgehead atoms. The number of halogens is 2. The molecule has 0 saturated carbocycles. The monoisotopic (exact) mass is 346 g/mol. The van der Waals surface area contributed by atoms with Crippen LogP contribution in [0.3, 0.4) is 0 Å². The van der Waals surface area contributed by atoms with Crippen molar-refractivity contribution in [3.63, 3.8) is 0 Å². The topological polar surface area (TPSA) is 52.6 Å². The van der Waals surface area contributed by atoms with Crippen LogP contribution in [-0.2, 0) is 11.2 Å². The molecule has 6 heteroatoms. The molecule has 0 fully saturated rings. The van der Waals surface area contributed by atoms with Gasteiger partial charge in [0.2, 0.25) is 0 Å². The predicted molar refractivity (Wildman–Crippen MR) is 86.1 cm³/mol. The second-order valence-corrected chi connectivity index (χ2v) is 5.98. The second kappa shape index (κ2) is 6.63. The van der Waals surface area contributed by atoms with Crippen molar-refractivity contribution in [2.24, 2.45) is 0 Å². The normalized spacial score (nSPS) is 15.8. The second-order valence-electron chi connectivity index (χ2n) is 5.98. The van der Waals surface area contributed by atoms with Crippen LogP contribution in [0, 0.1) is 11.6 Å². The molecule has 130 valence electrons. The van der Waals surface area contributed by atoms with Gasteiger partial charge in [-0.15, -0.1) is 0 Å². The fourth-order valence-corrected chi connectivity index (χ4v) is 3.06. The number of ether oxygens (including phenoxy) is 2. The average Bonchev–Trinajstić information content (AvgIpc) is 2.86. The Hall–Kier alpha value is -2.76. The number of benzene rings is 2. The first-order valence-corrected chi connectivity index (χ1v) is 7.79. The Labute approximate surface area is 143 Å². The zero-order valence-electron chi connectivity index (χ0n) is 13.8. The van der Waals surface area contributed by atoms with Gasteiger partial charge in [0.05, 0.1) is 19.1 Å². The number of hydrogen-bond donors (Lipinski definition) is 0. The van der Waals surface area contributed by atoms with E-state index >= 15 is 0 Å². The molecule has 0 aromatic heterocycles. The summed E-state index contributed by atoms with van der Waals surface area (Å²) in [4.78, 5) is 24.2. The van der Waals surface area contributed by atoms with Gasteiger partial charge in [0.1, 0.15) is 11.6 Å². The largest absolute Gasteiger partial charge is 0.494 e. The zero-order chi connectivity index (χ0) is 18.1. The smallest absolute Gasteiger partial charge is 0.315 e. The first kappa shape index (κ1) is 17.1. The number of fused-ring (bicyclic) bond motifs is 1. The number of hydrogen-bond acceptors (Lipinski definition) is 4. The molecule has 1 atom stereocenters. The number of carbonyl (C=O) groups excluding carboxylic acids is 2. The minimum atomic E-state index is -0.661. The SMILES string of the molecule is COc1ccc(CC(=O)Oc2ccc(F)c3c2C(=O)CC3C)cc1F. The molecule has 1 aliphatic rings. The summed E-state index contributed by atoms with van der Waals surface area (Å²) in [5.74, 6) is -2.11.